The fourth-order valence-corrected chi connectivity index (χ4v) is 6.12. The fourth-order valence-electron chi connectivity index (χ4n) is 5.79. The minimum absolute atomic E-state index is 0.0235. The van der Waals surface area contributed by atoms with Gasteiger partial charge < -0.3 is 20.1 Å². The number of hydrogen-bond donors (Lipinski definition) is 2. The van der Waals surface area contributed by atoms with Crippen LogP contribution in [0.25, 0.3) is 5.69 Å². The number of carbonyl (C=O) groups excluding carboxylic acids is 1. The predicted octanol–water partition coefficient (Wildman–Crippen LogP) is 6.67. The Bertz CT molecular complexity index is 1540. The van der Waals surface area contributed by atoms with Gasteiger partial charge in [-0.2, -0.15) is 0 Å². The van der Waals surface area contributed by atoms with Crippen molar-refractivity contribution in [3.63, 3.8) is 0 Å². The molecule has 0 spiro atoms. The molecule has 3 heterocycles. The van der Waals surface area contributed by atoms with Crippen LogP contribution in [0.4, 0.5) is 5.69 Å². The number of rotatable bonds is 8. The molecule has 0 bridgehead atoms. The maximum atomic E-state index is 13.1. The van der Waals surface area contributed by atoms with Crippen LogP contribution in [0.3, 0.4) is 0 Å². The van der Waals surface area contributed by atoms with Gasteiger partial charge in [0.2, 0.25) is 5.91 Å². The molecule has 4 aromatic rings. The monoisotopic (exact) mass is 551 g/mol. The highest BCUT2D eigenvalue weighted by Crippen LogP contribution is 2.41. The lowest BCUT2D eigenvalue weighted by Crippen LogP contribution is -2.33. The van der Waals surface area contributed by atoms with Crippen molar-refractivity contribution in [2.24, 2.45) is 0 Å². The Balaban J connectivity index is 1.49. The van der Waals surface area contributed by atoms with Crippen LogP contribution in [0, 0.1) is 27.7 Å². The summed E-state index contributed by atoms with van der Waals surface area (Å²) in [6.07, 6.45) is 3.00. The molecule has 2 N–H and O–H groups in total. The normalized spacial score (nSPS) is 16.7. The summed E-state index contributed by atoms with van der Waals surface area (Å²) < 4.78 is 2.33. The van der Waals surface area contributed by atoms with Gasteiger partial charge in [-0.15, -0.1) is 0 Å². The number of aromatic nitrogens is 2. The van der Waals surface area contributed by atoms with E-state index in [0.29, 0.717) is 18.1 Å². The van der Waals surface area contributed by atoms with Gasteiger partial charge >= 0.3 is 0 Å². The summed E-state index contributed by atoms with van der Waals surface area (Å²) in [6, 6.07) is 22.5. The predicted molar refractivity (Wildman–Crippen MR) is 166 cm³/mol. The van der Waals surface area contributed by atoms with E-state index in [9.17, 15) is 4.79 Å². The average molecular weight is 552 g/mol. The fraction of sp³-hybridized carbons (Fsp3) is 0.303. The van der Waals surface area contributed by atoms with E-state index in [4.69, 9.17) is 12.2 Å². The molecule has 5 rings (SSSR count). The average Bonchev–Trinajstić information content (AvgIpc) is 3.43. The number of nitrogens with one attached hydrogen (secondary N) is 2. The van der Waals surface area contributed by atoms with E-state index in [0.717, 1.165) is 34.8 Å². The van der Waals surface area contributed by atoms with Crippen molar-refractivity contribution in [1.29, 1.82) is 0 Å². The largest absolute Gasteiger partial charge is 0.352 e. The lowest BCUT2D eigenvalue weighted by molar-refractivity contribution is -0.116. The summed E-state index contributed by atoms with van der Waals surface area (Å²) in [7, 11) is 0. The third-order valence-electron chi connectivity index (χ3n) is 7.84. The van der Waals surface area contributed by atoms with Gasteiger partial charge in [0.05, 0.1) is 17.8 Å². The van der Waals surface area contributed by atoms with Crippen LogP contribution in [-0.2, 0) is 11.2 Å². The molecule has 7 heteroatoms. The molecule has 6 nitrogen and oxygen atoms in total. The van der Waals surface area contributed by atoms with Crippen molar-refractivity contribution in [3.05, 3.63) is 112 Å². The lowest BCUT2D eigenvalue weighted by atomic mass is 9.96. The second-order valence-corrected chi connectivity index (χ2v) is 11.0. The van der Waals surface area contributed by atoms with Crippen molar-refractivity contribution in [1.82, 2.24) is 19.8 Å². The number of carbonyl (C=O) groups is 1. The van der Waals surface area contributed by atoms with Crippen molar-refractivity contribution < 1.29 is 4.79 Å². The number of thiocarbonyl (C=S) groups is 1. The molecule has 2 aromatic heterocycles. The Morgan fingerprint density at radius 2 is 1.80 bits per heavy atom. The van der Waals surface area contributed by atoms with E-state index in [-0.39, 0.29) is 18.0 Å². The molecule has 2 aromatic carbocycles. The Morgan fingerprint density at radius 3 is 2.55 bits per heavy atom. The van der Waals surface area contributed by atoms with Gasteiger partial charge in [-0.3, -0.25) is 9.78 Å². The van der Waals surface area contributed by atoms with Crippen molar-refractivity contribution in [2.45, 2.75) is 59.5 Å². The van der Waals surface area contributed by atoms with Gasteiger partial charge in [0.1, 0.15) is 0 Å². The number of hydrogen-bond acceptors (Lipinski definition) is 3. The standard InChI is InChI=1S/C33H37N5OS/c1-6-25-11-7-8-12-27(25)35-30(39)16-18-37-32(31(36-33(37)40)28-13-9-10-17-34-28)26-20-23(4)38(24(26)5)29-19-21(2)14-15-22(29)3/h7-15,17,19-20,31-32H,6,16,18H2,1-5H3,(H,35,39)(H,36,40)/t31-,32-/m0/s1. The molecule has 1 fully saturated rings. The van der Waals surface area contributed by atoms with Crippen LogP contribution in [0.1, 0.15) is 64.8 Å². The smallest absolute Gasteiger partial charge is 0.226 e. The first kappa shape index (κ1) is 27.6. The SMILES string of the molecule is CCc1ccccc1NC(=O)CCN1C(=S)N[C@@H](c2ccccn2)[C@@H]1c1cc(C)n(-c2cc(C)ccc2C)c1C. The second-order valence-electron chi connectivity index (χ2n) is 10.6. The van der Waals surface area contributed by atoms with E-state index in [1.165, 1.54) is 22.4 Å². The zero-order valence-corrected chi connectivity index (χ0v) is 24.7. The summed E-state index contributed by atoms with van der Waals surface area (Å²) in [6.45, 7) is 11.2. The van der Waals surface area contributed by atoms with Gasteiger partial charge in [-0.05, 0) is 98.9 Å². The topological polar surface area (TPSA) is 62.2 Å². The number of nitrogens with zero attached hydrogens (tertiary/aromatic N) is 3. The van der Waals surface area contributed by atoms with Crippen LogP contribution in [0.2, 0.25) is 0 Å². The summed E-state index contributed by atoms with van der Waals surface area (Å²) in [5, 5.41) is 7.28. The second kappa shape index (κ2) is 11.6. The highest BCUT2D eigenvalue weighted by atomic mass is 32.1. The molecule has 0 radical (unpaired) electrons. The molecular formula is C33H37N5OS. The summed E-state index contributed by atoms with van der Waals surface area (Å²) >= 11 is 5.88. The number of aryl methyl sites for hydroxylation is 4. The van der Waals surface area contributed by atoms with E-state index < -0.39 is 0 Å². The first-order valence-corrected chi connectivity index (χ1v) is 14.3. The number of anilines is 1. The first-order chi connectivity index (χ1) is 19.3. The third kappa shape index (κ3) is 5.39. The van der Waals surface area contributed by atoms with Gasteiger partial charge in [0.25, 0.3) is 0 Å². The van der Waals surface area contributed by atoms with Gasteiger partial charge in [0, 0.05) is 41.9 Å². The van der Waals surface area contributed by atoms with Gasteiger partial charge in [-0.1, -0.05) is 43.3 Å². The highest BCUT2D eigenvalue weighted by molar-refractivity contribution is 7.80. The van der Waals surface area contributed by atoms with E-state index in [2.05, 4.69) is 84.0 Å². The molecule has 1 aliphatic heterocycles. The first-order valence-electron chi connectivity index (χ1n) is 13.9. The lowest BCUT2D eigenvalue weighted by Gasteiger charge is -2.28. The Hall–Kier alpha value is -3.97. The van der Waals surface area contributed by atoms with E-state index >= 15 is 0 Å². The maximum Gasteiger partial charge on any atom is 0.226 e. The molecular weight excluding hydrogens is 514 g/mol. The number of amides is 1. The summed E-state index contributed by atoms with van der Waals surface area (Å²) in [5.74, 6) is -0.0235. The van der Waals surface area contributed by atoms with Crippen molar-refractivity contribution in [2.75, 3.05) is 11.9 Å². The molecule has 1 saturated heterocycles. The Morgan fingerprint density at radius 1 is 1.02 bits per heavy atom. The van der Waals surface area contributed by atoms with Crippen LogP contribution < -0.4 is 10.6 Å². The molecule has 0 unspecified atom stereocenters. The van der Waals surface area contributed by atoms with E-state index in [1.54, 1.807) is 0 Å². The highest BCUT2D eigenvalue weighted by Gasteiger charge is 2.41. The molecule has 1 aliphatic rings. The number of para-hydroxylation sites is 1. The van der Waals surface area contributed by atoms with Crippen molar-refractivity contribution in [3.8, 4) is 5.69 Å². The van der Waals surface area contributed by atoms with Crippen molar-refractivity contribution >= 4 is 28.9 Å². The quantitative estimate of drug-likeness (QED) is 0.240. The molecule has 1 amide bonds. The minimum atomic E-state index is -0.134. The summed E-state index contributed by atoms with van der Waals surface area (Å²) in [5.41, 5.74) is 10.1. The number of pyridine rings is 1. The van der Waals surface area contributed by atoms with Crippen LogP contribution >= 0.6 is 12.2 Å². The van der Waals surface area contributed by atoms with Crippen LogP contribution in [-0.4, -0.2) is 32.0 Å². The van der Waals surface area contributed by atoms with Crippen LogP contribution in [0.5, 0.6) is 0 Å². The Kier molecular flexibility index (Phi) is 8.03. The maximum absolute atomic E-state index is 13.1. The zero-order valence-electron chi connectivity index (χ0n) is 23.9. The summed E-state index contributed by atoms with van der Waals surface area (Å²) in [4.78, 5) is 19.9. The molecule has 2 atom stereocenters. The molecule has 0 saturated carbocycles. The van der Waals surface area contributed by atoms with Gasteiger partial charge in [0.15, 0.2) is 5.11 Å². The third-order valence-corrected chi connectivity index (χ3v) is 8.20. The molecule has 0 aliphatic carbocycles. The van der Waals surface area contributed by atoms with Gasteiger partial charge in [-0.25, -0.2) is 0 Å². The molecule has 206 valence electrons. The van der Waals surface area contributed by atoms with Crippen LogP contribution in [0.15, 0.2) is 72.9 Å². The molecule has 40 heavy (non-hydrogen) atoms. The Labute approximate surface area is 242 Å². The minimum Gasteiger partial charge on any atom is -0.352 e. The zero-order chi connectivity index (χ0) is 28.4. The number of benzene rings is 2. The van der Waals surface area contributed by atoms with E-state index in [1.807, 2.05) is 48.7 Å².